The van der Waals surface area contributed by atoms with Gasteiger partial charge in [-0.15, -0.1) is 0 Å². The Kier molecular flexibility index (Phi) is 3.96. The van der Waals surface area contributed by atoms with E-state index in [9.17, 15) is 5.11 Å². The van der Waals surface area contributed by atoms with Crippen LogP contribution in [0.3, 0.4) is 0 Å². The molecule has 0 spiro atoms. The summed E-state index contributed by atoms with van der Waals surface area (Å²) in [5, 5.41) is 9.18. The predicted molar refractivity (Wildman–Crippen MR) is 60.7 cm³/mol. The van der Waals surface area contributed by atoms with Gasteiger partial charge in [-0.25, -0.2) is 0 Å². The third kappa shape index (κ3) is 3.38. The zero-order valence-electron chi connectivity index (χ0n) is 9.20. The maximum Gasteiger partial charge on any atom is 0.0528 e. The molecule has 0 aliphatic carbocycles. The van der Waals surface area contributed by atoms with Gasteiger partial charge in [0.05, 0.1) is 6.10 Å². The van der Waals surface area contributed by atoms with E-state index >= 15 is 0 Å². The molecule has 0 fully saturated rings. The maximum atomic E-state index is 9.18. The van der Waals surface area contributed by atoms with Crippen molar-refractivity contribution in [2.75, 3.05) is 18.5 Å². The van der Waals surface area contributed by atoms with Gasteiger partial charge in [0.2, 0.25) is 0 Å². The van der Waals surface area contributed by atoms with Crippen molar-refractivity contribution in [3.05, 3.63) is 29.8 Å². The Morgan fingerprint density at radius 3 is 2.71 bits per heavy atom. The summed E-state index contributed by atoms with van der Waals surface area (Å²) >= 11 is 0. The van der Waals surface area contributed by atoms with Crippen LogP contribution >= 0.6 is 0 Å². The molecule has 14 heavy (non-hydrogen) atoms. The number of aryl methyl sites for hydroxylation is 1. The van der Waals surface area contributed by atoms with Crippen LogP contribution in [0.1, 0.15) is 18.9 Å². The molecule has 1 unspecified atom stereocenters. The summed E-state index contributed by atoms with van der Waals surface area (Å²) in [6.07, 6.45) is 0.590. The second-order valence-electron chi connectivity index (χ2n) is 3.90. The molecule has 1 aromatic rings. The van der Waals surface area contributed by atoms with Crippen LogP contribution in [0.25, 0.3) is 0 Å². The molecule has 0 bridgehead atoms. The summed E-state index contributed by atoms with van der Waals surface area (Å²) in [4.78, 5) is 2.17. The van der Waals surface area contributed by atoms with Gasteiger partial charge in [-0.2, -0.15) is 0 Å². The molecule has 1 N–H and O–H groups in total. The van der Waals surface area contributed by atoms with Gasteiger partial charge < -0.3 is 10.0 Å². The maximum absolute atomic E-state index is 9.18. The number of hydrogen-bond acceptors (Lipinski definition) is 2. The molecular formula is C12H19NO. The lowest BCUT2D eigenvalue weighted by molar-refractivity contribution is 0.187. The Morgan fingerprint density at radius 1 is 1.43 bits per heavy atom. The molecule has 0 aromatic heterocycles. The average Bonchev–Trinajstić information content (AvgIpc) is 2.14. The van der Waals surface area contributed by atoms with E-state index in [0.717, 1.165) is 13.0 Å². The monoisotopic (exact) mass is 193 g/mol. The topological polar surface area (TPSA) is 23.5 Å². The van der Waals surface area contributed by atoms with Crippen LogP contribution < -0.4 is 4.90 Å². The van der Waals surface area contributed by atoms with E-state index in [1.54, 1.807) is 0 Å². The van der Waals surface area contributed by atoms with Crippen molar-refractivity contribution in [1.82, 2.24) is 0 Å². The Balaban J connectivity index is 2.56. The normalized spacial score (nSPS) is 12.6. The number of rotatable bonds is 4. The summed E-state index contributed by atoms with van der Waals surface area (Å²) in [7, 11) is 2.05. The standard InChI is InChI=1S/C12H19NO/c1-10-5-4-6-12(9-10)13(3)8-7-11(2)14/h4-6,9,11,14H,7-8H2,1-3H3. The molecule has 1 atom stereocenters. The number of hydrogen-bond donors (Lipinski definition) is 1. The van der Waals surface area contributed by atoms with Crippen molar-refractivity contribution in [2.24, 2.45) is 0 Å². The number of aliphatic hydroxyl groups is 1. The van der Waals surface area contributed by atoms with Crippen LogP contribution in [-0.2, 0) is 0 Å². The Morgan fingerprint density at radius 2 is 2.14 bits per heavy atom. The second kappa shape index (κ2) is 5.01. The largest absolute Gasteiger partial charge is 0.393 e. The van der Waals surface area contributed by atoms with Crippen molar-refractivity contribution in [3.8, 4) is 0 Å². The highest BCUT2D eigenvalue weighted by Gasteiger charge is 2.02. The molecule has 0 heterocycles. The first-order valence-corrected chi connectivity index (χ1v) is 5.05. The molecular weight excluding hydrogens is 174 g/mol. The quantitative estimate of drug-likeness (QED) is 0.792. The minimum atomic E-state index is -0.220. The van der Waals surface area contributed by atoms with E-state index in [2.05, 4.69) is 43.1 Å². The highest BCUT2D eigenvalue weighted by Crippen LogP contribution is 2.14. The van der Waals surface area contributed by atoms with E-state index in [1.165, 1.54) is 11.3 Å². The summed E-state index contributed by atoms with van der Waals surface area (Å²) in [6.45, 7) is 4.80. The first-order valence-electron chi connectivity index (χ1n) is 5.05. The summed E-state index contributed by atoms with van der Waals surface area (Å²) in [5.74, 6) is 0. The molecule has 0 radical (unpaired) electrons. The van der Waals surface area contributed by atoms with Gasteiger partial charge in [0.15, 0.2) is 0 Å². The van der Waals surface area contributed by atoms with E-state index in [4.69, 9.17) is 0 Å². The molecule has 0 aliphatic heterocycles. The molecule has 1 rings (SSSR count). The van der Waals surface area contributed by atoms with Crippen molar-refractivity contribution in [3.63, 3.8) is 0 Å². The van der Waals surface area contributed by atoms with Gasteiger partial charge in [-0.05, 0) is 38.0 Å². The molecule has 0 saturated carbocycles. The van der Waals surface area contributed by atoms with Crippen molar-refractivity contribution >= 4 is 5.69 Å². The van der Waals surface area contributed by atoms with Crippen LogP contribution in [0.4, 0.5) is 5.69 Å². The van der Waals surface area contributed by atoms with Gasteiger partial charge in [-0.3, -0.25) is 0 Å². The van der Waals surface area contributed by atoms with Gasteiger partial charge in [0.1, 0.15) is 0 Å². The van der Waals surface area contributed by atoms with E-state index in [0.29, 0.717) is 0 Å². The second-order valence-corrected chi connectivity index (χ2v) is 3.90. The summed E-state index contributed by atoms with van der Waals surface area (Å²) in [6, 6.07) is 8.40. The third-order valence-corrected chi connectivity index (χ3v) is 2.32. The molecule has 0 amide bonds. The molecule has 78 valence electrons. The van der Waals surface area contributed by atoms with E-state index in [1.807, 2.05) is 6.92 Å². The summed E-state index contributed by atoms with van der Waals surface area (Å²) < 4.78 is 0. The van der Waals surface area contributed by atoms with Crippen molar-refractivity contribution in [1.29, 1.82) is 0 Å². The molecule has 2 heteroatoms. The fourth-order valence-corrected chi connectivity index (χ4v) is 1.37. The van der Waals surface area contributed by atoms with Gasteiger partial charge in [0.25, 0.3) is 0 Å². The predicted octanol–water partition coefficient (Wildman–Crippen LogP) is 2.20. The highest BCUT2D eigenvalue weighted by atomic mass is 16.3. The highest BCUT2D eigenvalue weighted by molar-refractivity contribution is 5.47. The first-order chi connectivity index (χ1) is 6.59. The smallest absolute Gasteiger partial charge is 0.0528 e. The Labute approximate surface area is 86.2 Å². The number of nitrogens with zero attached hydrogens (tertiary/aromatic N) is 1. The third-order valence-electron chi connectivity index (χ3n) is 2.32. The van der Waals surface area contributed by atoms with Crippen LogP contribution in [0.2, 0.25) is 0 Å². The Hall–Kier alpha value is -1.02. The number of benzene rings is 1. The minimum Gasteiger partial charge on any atom is -0.393 e. The summed E-state index contributed by atoms with van der Waals surface area (Å²) in [5.41, 5.74) is 2.48. The lowest BCUT2D eigenvalue weighted by Gasteiger charge is -2.20. The number of anilines is 1. The molecule has 0 aliphatic rings. The van der Waals surface area contributed by atoms with Gasteiger partial charge in [-0.1, -0.05) is 12.1 Å². The van der Waals surface area contributed by atoms with E-state index < -0.39 is 0 Å². The van der Waals surface area contributed by atoms with Crippen LogP contribution in [-0.4, -0.2) is 24.8 Å². The van der Waals surface area contributed by atoms with Crippen LogP contribution in [0, 0.1) is 6.92 Å². The van der Waals surface area contributed by atoms with E-state index in [-0.39, 0.29) is 6.10 Å². The number of aliphatic hydroxyl groups excluding tert-OH is 1. The SMILES string of the molecule is Cc1cccc(N(C)CCC(C)O)c1. The fourth-order valence-electron chi connectivity index (χ4n) is 1.37. The fraction of sp³-hybridized carbons (Fsp3) is 0.500. The van der Waals surface area contributed by atoms with Crippen LogP contribution in [0.15, 0.2) is 24.3 Å². The molecule has 1 aromatic carbocycles. The molecule has 0 saturated heterocycles. The first kappa shape index (κ1) is 11.1. The molecule has 2 nitrogen and oxygen atoms in total. The zero-order valence-corrected chi connectivity index (χ0v) is 9.20. The minimum absolute atomic E-state index is 0.220. The van der Waals surface area contributed by atoms with Crippen molar-refractivity contribution < 1.29 is 5.11 Å². The zero-order chi connectivity index (χ0) is 10.6. The lowest BCUT2D eigenvalue weighted by atomic mass is 10.2. The van der Waals surface area contributed by atoms with Crippen molar-refractivity contribution in [2.45, 2.75) is 26.4 Å². The van der Waals surface area contributed by atoms with Crippen LogP contribution in [0.5, 0.6) is 0 Å². The van der Waals surface area contributed by atoms with Gasteiger partial charge in [0, 0.05) is 19.3 Å². The average molecular weight is 193 g/mol. The lowest BCUT2D eigenvalue weighted by Crippen LogP contribution is -2.21. The Bertz CT molecular complexity index is 283. The van der Waals surface area contributed by atoms with Gasteiger partial charge >= 0.3 is 0 Å².